The summed E-state index contributed by atoms with van der Waals surface area (Å²) in [6.07, 6.45) is 2.79. The smallest absolute Gasteiger partial charge is 0.337 e. The summed E-state index contributed by atoms with van der Waals surface area (Å²) in [4.78, 5) is 24.5. The first-order valence-corrected chi connectivity index (χ1v) is 8.64. The molecule has 23 heavy (non-hydrogen) atoms. The van der Waals surface area contributed by atoms with Crippen LogP contribution in [-0.2, 0) is 34.6 Å². The van der Waals surface area contributed by atoms with E-state index in [1.54, 1.807) is 0 Å². The van der Waals surface area contributed by atoms with Gasteiger partial charge in [-0.15, -0.1) is 0 Å². The van der Waals surface area contributed by atoms with Gasteiger partial charge in [-0.3, -0.25) is 4.21 Å². The first-order chi connectivity index (χ1) is 10.8. The van der Waals surface area contributed by atoms with Gasteiger partial charge in [-0.25, -0.2) is 9.59 Å². The van der Waals surface area contributed by atoms with Gasteiger partial charge in [-0.05, 0) is 13.8 Å². The number of carbonyl (C=O) groups is 2. The molecule has 6 nitrogen and oxygen atoms in total. The number of carbonyl (C=O) groups excluding carboxylic acids is 2. The first-order valence-electron chi connectivity index (χ1n) is 7.49. The second-order valence-electron chi connectivity index (χ2n) is 6.81. The van der Waals surface area contributed by atoms with Crippen molar-refractivity contribution in [3.63, 3.8) is 0 Å². The monoisotopic (exact) mass is 338 g/mol. The molecule has 7 heteroatoms. The van der Waals surface area contributed by atoms with Gasteiger partial charge in [0.25, 0.3) is 0 Å². The van der Waals surface area contributed by atoms with Crippen molar-refractivity contribution < 1.29 is 28.0 Å². The minimum absolute atomic E-state index is 0.106. The van der Waals surface area contributed by atoms with Gasteiger partial charge in [-0.2, -0.15) is 0 Å². The van der Waals surface area contributed by atoms with E-state index in [1.165, 1.54) is 14.2 Å². The standard InChI is InChI=1S/C16H18O6S/c1-15-5-6-16(2,23(15)19)10-9(15)11-7(13(17)20-3)8(12(10)22-11)14(18)21-4/h5-6,9-12H,1-4H3. The summed E-state index contributed by atoms with van der Waals surface area (Å²) < 4.78 is 27.6. The van der Waals surface area contributed by atoms with Crippen molar-refractivity contribution in [2.45, 2.75) is 35.5 Å². The maximum Gasteiger partial charge on any atom is 0.337 e. The summed E-state index contributed by atoms with van der Waals surface area (Å²) in [5, 5.41) is 0. The molecule has 0 aromatic rings. The molecule has 2 saturated heterocycles. The molecule has 0 radical (unpaired) electrons. The highest BCUT2D eigenvalue weighted by Gasteiger charge is 2.75. The van der Waals surface area contributed by atoms with E-state index in [0.717, 1.165) is 0 Å². The molecule has 2 fully saturated rings. The van der Waals surface area contributed by atoms with Crippen molar-refractivity contribution in [2.75, 3.05) is 14.2 Å². The van der Waals surface area contributed by atoms with Crippen molar-refractivity contribution in [3.05, 3.63) is 23.3 Å². The number of ether oxygens (including phenoxy) is 3. The zero-order valence-corrected chi connectivity index (χ0v) is 14.1. The Hall–Kier alpha value is -1.47. The fourth-order valence-corrected chi connectivity index (χ4v) is 7.26. The van der Waals surface area contributed by atoms with Crippen LogP contribution in [0, 0.1) is 11.8 Å². The molecule has 0 N–H and O–H groups in total. The number of esters is 2. The Morgan fingerprint density at radius 1 is 1.00 bits per heavy atom. The predicted octanol–water partition coefficient (Wildman–Crippen LogP) is 0.492. The SMILES string of the molecule is COC(=O)C1=C(C(=O)OC)C2OC1C1C2C2(C)C=CC1(C)S2=O. The van der Waals surface area contributed by atoms with Crippen LogP contribution in [0.15, 0.2) is 23.3 Å². The van der Waals surface area contributed by atoms with Gasteiger partial charge >= 0.3 is 11.9 Å². The normalized spacial score (nSPS) is 48.8. The van der Waals surface area contributed by atoms with Gasteiger partial charge in [0.1, 0.15) is 0 Å². The molecule has 0 aromatic carbocycles. The highest BCUT2D eigenvalue weighted by molar-refractivity contribution is 7.89. The average Bonchev–Trinajstić information content (AvgIpc) is 3.22. The number of hydrogen-bond donors (Lipinski definition) is 0. The highest BCUT2D eigenvalue weighted by Crippen LogP contribution is 2.66. The molecule has 4 heterocycles. The average molecular weight is 338 g/mol. The van der Waals surface area contributed by atoms with Gasteiger partial charge in [0, 0.05) is 22.6 Å². The molecule has 0 aromatic heterocycles. The van der Waals surface area contributed by atoms with E-state index < -0.39 is 44.4 Å². The molecular weight excluding hydrogens is 320 g/mol. The second kappa shape index (κ2) is 4.33. The number of hydrogen-bond acceptors (Lipinski definition) is 6. The Balaban J connectivity index is 1.90. The molecule has 0 aliphatic carbocycles. The van der Waals surface area contributed by atoms with Gasteiger partial charge in [0.2, 0.25) is 0 Å². The van der Waals surface area contributed by atoms with Crippen LogP contribution in [0.1, 0.15) is 13.8 Å². The first kappa shape index (κ1) is 15.1. The van der Waals surface area contributed by atoms with Crippen molar-refractivity contribution >= 4 is 22.7 Å². The quantitative estimate of drug-likeness (QED) is 0.539. The Labute approximate surface area is 136 Å². The summed E-state index contributed by atoms with van der Waals surface area (Å²) in [5.41, 5.74) is 0.460. The third-order valence-electron chi connectivity index (χ3n) is 5.87. The molecule has 124 valence electrons. The summed E-state index contributed by atoms with van der Waals surface area (Å²) in [6.45, 7) is 3.87. The van der Waals surface area contributed by atoms with Crippen LogP contribution in [0.25, 0.3) is 0 Å². The van der Waals surface area contributed by atoms with Crippen molar-refractivity contribution in [1.82, 2.24) is 0 Å². The lowest BCUT2D eigenvalue weighted by Gasteiger charge is -2.35. The van der Waals surface area contributed by atoms with Gasteiger partial charge in [0.05, 0.1) is 47.1 Å². The van der Waals surface area contributed by atoms with E-state index in [1.807, 2.05) is 26.0 Å². The van der Waals surface area contributed by atoms with E-state index >= 15 is 0 Å². The molecule has 6 unspecified atom stereocenters. The minimum atomic E-state index is -1.12. The zero-order valence-electron chi connectivity index (χ0n) is 13.3. The van der Waals surface area contributed by atoms with Gasteiger partial charge in [0.15, 0.2) is 0 Å². The van der Waals surface area contributed by atoms with Crippen LogP contribution in [-0.4, -0.2) is 52.1 Å². The molecular formula is C16H18O6S. The Bertz CT molecular complexity index is 668. The van der Waals surface area contributed by atoms with Gasteiger partial charge < -0.3 is 14.2 Å². The van der Waals surface area contributed by atoms with Crippen LogP contribution < -0.4 is 0 Å². The zero-order chi connectivity index (χ0) is 16.7. The third-order valence-corrected chi connectivity index (χ3v) is 8.28. The molecule has 4 aliphatic heterocycles. The molecule has 4 rings (SSSR count). The lowest BCUT2D eigenvalue weighted by atomic mass is 9.63. The fourth-order valence-electron chi connectivity index (χ4n) is 4.89. The third kappa shape index (κ3) is 1.46. The van der Waals surface area contributed by atoms with Gasteiger partial charge in [-0.1, -0.05) is 12.2 Å². The summed E-state index contributed by atoms with van der Waals surface area (Å²) in [5.74, 6) is -1.37. The largest absolute Gasteiger partial charge is 0.466 e. The summed E-state index contributed by atoms with van der Waals surface area (Å²) >= 11 is 0. The summed E-state index contributed by atoms with van der Waals surface area (Å²) in [7, 11) is 1.42. The lowest BCUT2D eigenvalue weighted by Crippen LogP contribution is -2.45. The maximum atomic E-state index is 13.0. The molecule has 4 bridgehead atoms. The van der Waals surface area contributed by atoms with Crippen molar-refractivity contribution in [1.29, 1.82) is 0 Å². The Kier molecular flexibility index (Phi) is 2.84. The van der Waals surface area contributed by atoms with E-state index in [-0.39, 0.29) is 23.0 Å². The highest BCUT2D eigenvalue weighted by atomic mass is 32.2. The Morgan fingerprint density at radius 2 is 1.39 bits per heavy atom. The molecule has 0 saturated carbocycles. The predicted molar refractivity (Wildman–Crippen MR) is 80.8 cm³/mol. The summed E-state index contributed by atoms with van der Waals surface area (Å²) in [6, 6.07) is 0. The minimum Gasteiger partial charge on any atom is -0.466 e. The molecule has 6 atom stereocenters. The van der Waals surface area contributed by atoms with E-state index in [2.05, 4.69) is 0 Å². The topological polar surface area (TPSA) is 78.9 Å². The van der Waals surface area contributed by atoms with Crippen LogP contribution in [0.3, 0.4) is 0 Å². The van der Waals surface area contributed by atoms with Crippen LogP contribution in [0.4, 0.5) is 0 Å². The second-order valence-corrected chi connectivity index (χ2v) is 9.11. The molecule has 4 aliphatic rings. The maximum absolute atomic E-state index is 13.0. The lowest BCUT2D eigenvalue weighted by molar-refractivity contribution is -0.139. The number of methoxy groups -OCH3 is 2. The van der Waals surface area contributed by atoms with Crippen LogP contribution in [0.5, 0.6) is 0 Å². The van der Waals surface area contributed by atoms with E-state index in [0.29, 0.717) is 0 Å². The van der Waals surface area contributed by atoms with Crippen molar-refractivity contribution in [2.24, 2.45) is 11.8 Å². The Morgan fingerprint density at radius 3 is 1.74 bits per heavy atom. The van der Waals surface area contributed by atoms with Crippen LogP contribution in [0.2, 0.25) is 0 Å². The van der Waals surface area contributed by atoms with Crippen LogP contribution >= 0.6 is 0 Å². The van der Waals surface area contributed by atoms with Crippen molar-refractivity contribution in [3.8, 4) is 0 Å². The fraction of sp³-hybridized carbons (Fsp3) is 0.625. The molecule has 0 amide bonds. The van der Waals surface area contributed by atoms with E-state index in [4.69, 9.17) is 14.2 Å². The number of rotatable bonds is 2. The molecule has 0 spiro atoms. The number of fused-ring (bicyclic) bond motifs is 9. The van der Waals surface area contributed by atoms with E-state index in [9.17, 15) is 13.8 Å².